The van der Waals surface area contributed by atoms with Crippen molar-refractivity contribution in [3.8, 4) is 0 Å². The van der Waals surface area contributed by atoms with Crippen molar-refractivity contribution in [3.05, 3.63) is 24.4 Å². The first-order valence-corrected chi connectivity index (χ1v) is 7.22. The van der Waals surface area contributed by atoms with Crippen molar-refractivity contribution in [2.75, 3.05) is 32.5 Å². The normalized spacial score (nSPS) is 17.6. The second-order valence-electron chi connectivity index (χ2n) is 5.99. The van der Waals surface area contributed by atoms with E-state index in [1.54, 1.807) is 6.20 Å². The van der Waals surface area contributed by atoms with Crippen LogP contribution in [-0.2, 0) is 0 Å². The number of halogens is 1. The van der Waals surface area contributed by atoms with E-state index in [1.807, 2.05) is 18.2 Å². The van der Waals surface area contributed by atoms with Crippen LogP contribution in [-0.4, -0.2) is 43.0 Å². The summed E-state index contributed by atoms with van der Waals surface area (Å²) >= 11 is 0. The summed E-state index contributed by atoms with van der Waals surface area (Å²) in [6, 6.07) is 5.68. The molecule has 1 saturated carbocycles. The van der Waals surface area contributed by atoms with Crippen LogP contribution in [0.2, 0.25) is 0 Å². The van der Waals surface area contributed by atoms with Crippen LogP contribution in [0.5, 0.6) is 0 Å². The summed E-state index contributed by atoms with van der Waals surface area (Å²) in [4.78, 5) is 11.0. The van der Waals surface area contributed by atoms with Gasteiger partial charge in [-0.3, -0.25) is 4.99 Å². The number of aromatic nitrogens is 1. The summed E-state index contributed by atoms with van der Waals surface area (Å²) in [6.45, 7) is 1.87. The predicted octanol–water partition coefficient (Wildman–Crippen LogP) is 2.55. The number of aliphatic imine (C=N–C) groups is 1. The Hall–Kier alpha value is -0.890. The fraction of sp³-hybridized carbons (Fsp3) is 0.600. The number of guanidine groups is 1. The molecule has 1 aromatic rings. The first-order chi connectivity index (χ1) is 9.60. The van der Waals surface area contributed by atoms with E-state index in [4.69, 9.17) is 5.73 Å². The Morgan fingerprint density at radius 1 is 1.38 bits per heavy atom. The van der Waals surface area contributed by atoms with Gasteiger partial charge in [-0.05, 0) is 39.1 Å². The lowest BCUT2D eigenvalue weighted by atomic mass is 9.86. The third-order valence-electron chi connectivity index (χ3n) is 3.82. The van der Waals surface area contributed by atoms with E-state index in [2.05, 4.69) is 34.3 Å². The zero-order valence-corrected chi connectivity index (χ0v) is 15.2. The number of anilines is 1. The minimum atomic E-state index is 0. The minimum Gasteiger partial charge on any atom is -0.370 e. The van der Waals surface area contributed by atoms with Gasteiger partial charge in [0, 0.05) is 24.7 Å². The number of pyridine rings is 1. The molecular formula is C15H26IN5. The van der Waals surface area contributed by atoms with E-state index in [0.717, 1.165) is 18.9 Å². The van der Waals surface area contributed by atoms with Gasteiger partial charge in [-0.15, -0.1) is 24.0 Å². The number of nitrogens with two attached hydrogens (primary N) is 1. The first kappa shape index (κ1) is 18.2. The molecule has 0 atom stereocenters. The number of nitrogens with zero attached hydrogens (tertiary/aromatic N) is 3. The Kier molecular flexibility index (Phi) is 7.37. The van der Waals surface area contributed by atoms with E-state index in [9.17, 15) is 0 Å². The van der Waals surface area contributed by atoms with Crippen LogP contribution < -0.4 is 11.1 Å². The van der Waals surface area contributed by atoms with Gasteiger partial charge >= 0.3 is 0 Å². The molecule has 0 spiro atoms. The molecule has 1 aliphatic rings. The summed E-state index contributed by atoms with van der Waals surface area (Å²) < 4.78 is 0. The van der Waals surface area contributed by atoms with E-state index in [0.29, 0.717) is 11.4 Å². The van der Waals surface area contributed by atoms with Gasteiger partial charge in [0.1, 0.15) is 5.82 Å². The molecule has 0 radical (unpaired) electrons. The summed E-state index contributed by atoms with van der Waals surface area (Å²) in [5, 5.41) is 3.04. The Balaban J connectivity index is 0.00000220. The summed E-state index contributed by atoms with van der Waals surface area (Å²) in [5.41, 5.74) is 6.25. The molecule has 1 heterocycles. The molecule has 0 saturated heterocycles. The molecule has 5 nitrogen and oxygen atoms in total. The van der Waals surface area contributed by atoms with Gasteiger partial charge < -0.3 is 16.0 Å². The van der Waals surface area contributed by atoms with E-state index in [1.165, 1.54) is 25.7 Å². The van der Waals surface area contributed by atoms with Crippen LogP contribution in [0.25, 0.3) is 0 Å². The topological polar surface area (TPSA) is 66.5 Å². The summed E-state index contributed by atoms with van der Waals surface area (Å²) in [7, 11) is 4.25. The lowest BCUT2D eigenvalue weighted by molar-refractivity contribution is 0.210. The van der Waals surface area contributed by atoms with Crippen LogP contribution in [0.15, 0.2) is 29.4 Å². The number of rotatable bonds is 5. The average Bonchev–Trinajstić information content (AvgIpc) is 2.86. The SMILES string of the molecule is CN(C)CC1(CN=C(N)Nc2ccccn2)CCCC1.I. The summed E-state index contributed by atoms with van der Waals surface area (Å²) in [5.74, 6) is 1.19. The molecule has 0 amide bonds. The van der Waals surface area contributed by atoms with Crippen LogP contribution in [0.4, 0.5) is 5.82 Å². The number of hydrogen-bond acceptors (Lipinski definition) is 3. The van der Waals surface area contributed by atoms with Crippen LogP contribution in [0, 0.1) is 5.41 Å². The lowest BCUT2D eigenvalue weighted by Crippen LogP contribution is -2.35. The molecule has 1 fully saturated rings. The van der Waals surface area contributed by atoms with E-state index >= 15 is 0 Å². The Morgan fingerprint density at radius 3 is 2.67 bits per heavy atom. The molecule has 0 aromatic carbocycles. The molecule has 21 heavy (non-hydrogen) atoms. The van der Waals surface area contributed by atoms with Crippen LogP contribution in [0.1, 0.15) is 25.7 Å². The maximum absolute atomic E-state index is 5.96. The van der Waals surface area contributed by atoms with Crippen LogP contribution >= 0.6 is 24.0 Å². The van der Waals surface area contributed by atoms with Gasteiger partial charge in [0.25, 0.3) is 0 Å². The Labute approximate surface area is 144 Å². The molecule has 2 rings (SSSR count). The molecule has 6 heteroatoms. The van der Waals surface area contributed by atoms with Crippen molar-refractivity contribution in [3.63, 3.8) is 0 Å². The minimum absolute atomic E-state index is 0. The van der Waals surface area contributed by atoms with Gasteiger partial charge in [0.2, 0.25) is 0 Å². The standard InChI is InChI=1S/C15H25N5.HI/c1-20(2)12-15(8-4-5-9-15)11-18-14(16)19-13-7-3-6-10-17-13;/h3,6-7,10H,4-5,8-9,11-12H2,1-2H3,(H3,16,17,18,19);1H. The molecule has 1 aromatic heterocycles. The van der Waals surface area contributed by atoms with E-state index in [-0.39, 0.29) is 24.0 Å². The third-order valence-corrected chi connectivity index (χ3v) is 3.82. The third kappa shape index (κ3) is 5.78. The largest absolute Gasteiger partial charge is 0.370 e. The van der Waals surface area contributed by atoms with Gasteiger partial charge in [-0.25, -0.2) is 4.98 Å². The monoisotopic (exact) mass is 403 g/mol. The van der Waals surface area contributed by atoms with Crippen molar-refractivity contribution in [2.24, 2.45) is 16.1 Å². The van der Waals surface area contributed by atoms with Crippen molar-refractivity contribution in [2.45, 2.75) is 25.7 Å². The highest BCUT2D eigenvalue weighted by molar-refractivity contribution is 14.0. The van der Waals surface area contributed by atoms with Crippen molar-refractivity contribution in [1.29, 1.82) is 0 Å². The smallest absolute Gasteiger partial charge is 0.194 e. The highest BCUT2D eigenvalue weighted by Gasteiger charge is 2.34. The van der Waals surface area contributed by atoms with Crippen molar-refractivity contribution < 1.29 is 0 Å². The molecule has 0 unspecified atom stereocenters. The molecule has 3 N–H and O–H groups in total. The second kappa shape index (κ2) is 8.53. The Morgan fingerprint density at radius 2 is 2.10 bits per heavy atom. The van der Waals surface area contributed by atoms with Crippen molar-refractivity contribution in [1.82, 2.24) is 9.88 Å². The Bertz CT molecular complexity index is 441. The maximum atomic E-state index is 5.96. The number of hydrogen-bond donors (Lipinski definition) is 2. The quantitative estimate of drug-likeness (QED) is 0.451. The van der Waals surface area contributed by atoms with Crippen LogP contribution in [0.3, 0.4) is 0 Å². The fourth-order valence-electron chi connectivity index (χ4n) is 3.02. The highest BCUT2D eigenvalue weighted by atomic mass is 127. The maximum Gasteiger partial charge on any atom is 0.194 e. The summed E-state index contributed by atoms with van der Waals surface area (Å²) in [6.07, 6.45) is 6.82. The van der Waals surface area contributed by atoms with Crippen molar-refractivity contribution >= 4 is 35.8 Å². The zero-order valence-electron chi connectivity index (χ0n) is 12.9. The first-order valence-electron chi connectivity index (χ1n) is 7.22. The zero-order chi connectivity index (χ0) is 14.4. The highest BCUT2D eigenvalue weighted by Crippen LogP contribution is 2.38. The molecule has 0 bridgehead atoms. The average molecular weight is 403 g/mol. The molecule has 118 valence electrons. The van der Waals surface area contributed by atoms with Gasteiger partial charge in [0.15, 0.2) is 5.96 Å². The second-order valence-corrected chi connectivity index (χ2v) is 5.99. The molecule has 0 aliphatic heterocycles. The molecule has 1 aliphatic carbocycles. The van der Waals surface area contributed by atoms with Gasteiger partial charge in [-0.2, -0.15) is 0 Å². The predicted molar refractivity (Wildman–Crippen MR) is 99.2 cm³/mol. The molecular weight excluding hydrogens is 377 g/mol. The fourth-order valence-corrected chi connectivity index (χ4v) is 3.02. The van der Waals surface area contributed by atoms with Gasteiger partial charge in [0.05, 0.1) is 0 Å². The number of nitrogens with one attached hydrogen (secondary N) is 1. The van der Waals surface area contributed by atoms with Gasteiger partial charge in [-0.1, -0.05) is 18.9 Å². The van der Waals surface area contributed by atoms with E-state index < -0.39 is 0 Å². The lowest BCUT2D eigenvalue weighted by Gasteiger charge is -2.30.